The number of pyridine rings is 4. The lowest BCUT2D eigenvalue weighted by Crippen LogP contribution is -2.44. The number of nitrogens with zero attached hydrogens (tertiary/aromatic N) is 18. The summed E-state index contributed by atoms with van der Waals surface area (Å²) in [5.41, 5.74) is 22.2. The number of hydrogen-bond acceptors (Lipinski definition) is 26. The number of halogens is 4. The SMILES string of the molecule is CN(C)CCc1cncc(Nc2ncc3c(n2)-c2ccc(Cl)cc2NC(=S)C3)c1.CN1CCN(c2cncc(Nc3ncc4c(n3)-c3ccc(Cl)cc3NC(=S)C4)c2)CC1.Cc1nc(N(C)C2CCN(C)CC2)ccc1Nc1ncc2c(n1)-c1ccc(Cl)cc1NC(=S)C2.Cc1nc(N2CCCC2)ccc1Nc1ncc2c(n1)-c1ccc(Cl)cc1NC(=S)C2. The van der Waals surface area contributed by atoms with E-state index in [2.05, 4.69) is 173 Å². The number of hydrogen-bond donors (Lipinski definition) is 8. The van der Waals surface area contributed by atoms with Crippen molar-refractivity contribution in [3.63, 3.8) is 0 Å². The summed E-state index contributed by atoms with van der Waals surface area (Å²) in [6, 6.07) is 35.7. The number of benzene rings is 4. The van der Waals surface area contributed by atoms with Crippen LogP contribution in [-0.4, -0.2) is 195 Å². The van der Waals surface area contributed by atoms with Gasteiger partial charge in [-0.3, -0.25) is 9.97 Å². The largest absolute Gasteiger partial charge is 0.368 e. The molecule has 7 aliphatic heterocycles. The van der Waals surface area contributed by atoms with E-state index in [1.807, 2.05) is 124 Å². The normalized spacial score (nSPS) is 15.2. The minimum atomic E-state index is 0.517. The molecule has 15 heterocycles. The molecule has 19 rings (SSSR count). The van der Waals surface area contributed by atoms with Crippen molar-refractivity contribution in [1.82, 2.24) is 74.5 Å². The zero-order valence-electron chi connectivity index (χ0n) is 69.5. The highest BCUT2D eigenvalue weighted by Gasteiger charge is 2.28. The molecule has 124 heavy (non-hydrogen) atoms. The monoisotopic (exact) mass is 1800 g/mol. The van der Waals surface area contributed by atoms with Gasteiger partial charge in [0.05, 0.1) is 101 Å². The molecule has 0 atom stereocenters. The van der Waals surface area contributed by atoms with Crippen LogP contribution in [0.15, 0.2) is 159 Å². The summed E-state index contributed by atoms with van der Waals surface area (Å²) in [7, 11) is 10.6. The van der Waals surface area contributed by atoms with Gasteiger partial charge in [-0.2, -0.15) is 0 Å². The number of nitrogens with one attached hydrogen (secondary N) is 8. The molecule has 26 nitrogen and oxygen atoms in total. The van der Waals surface area contributed by atoms with E-state index >= 15 is 0 Å². The van der Waals surface area contributed by atoms with Crippen LogP contribution >= 0.6 is 95.3 Å². The van der Waals surface area contributed by atoms with E-state index in [0.717, 1.165) is 245 Å². The molecule has 8 aromatic heterocycles. The first-order chi connectivity index (χ1) is 60.0. The maximum absolute atomic E-state index is 6.21. The number of thiocarbonyl (C=S) groups is 4. The van der Waals surface area contributed by atoms with E-state index in [1.54, 1.807) is 12.4 Å². The maximum Gasteiger partial charge on any atom is 0.227 e. The van der Waals surface area contributed by atoms with Crippen LogP contribution in [0.3, 0.4) is 0 Å². The molecule has 0 saturated carbocycles. The second-order valence-electron chi connectivity index (χ2n) is 31.7. The Hall–Kier alpha value is -11.0. The van der Waals surface area contributed by atoms with E-state index in [9.17, 15) is 0 Å². The van der Waals surface area contributed by atoms with Crippen molar-refractivity contribution in [2.75, 3.05) is 151 Å². The molecule has 0 aliphatic carbocycles. The van der Waals surface area contributed by atoms with Gasteiger partial charge in [-0.25, -0.2) is 49.8 Å². The van der Waals surface area contributed by atoms with Gasteiger partial charge in [-0.05, 0) is 202 Å². The summed E-state index contributed by atoms with van der Waals surface area (Å²) in [5, 5.41) is 28.9. The van der Waals surface area contributed by atoms with Crippen molar-refractivity contribution in [3.05, 3.63) is 218 Å². The first kappa shape index (κ1) is 86.5. The molecule has 12 aromatic rings. The molecule has 8 N–H and O–H groups in total. The Balaban J connectivity index is 0.000000122. The molecule has 0 radical (unpaired) electrons. The number of likely N-dealkylation sites (tertiary alicyclic amines) is 1. The Labute approximate surface area is 762 Å². The minimum absolute atomic E-state index is 0.517. The summed E-state index contributed by atoms with van der Waals surface area (Å²) >= 11 is 46.6. The third-order valence-electron chi connectivity index (χ3n) is 22.3. The summed E-state index contributed by atoms with van der Waals surface area (Å²) in [5.74, 6) is 4.11. The van der Waals surface area contributed by atoms with Crippen molar-refractivity contribution in [1.29, 1.82) is 0 Å². The molecule has 3 fully saturated rings. The van der Waals surface area contributed by atoms with Crippen LogP contribution < -0.4 is 57.2 Å². The third-order valence-corrected chi connectivity index (χ3v) is 24.2. The molecular weight excluding hydrogens is 1720 g/mol. The van der Waals surface area contributed by atoms with E-state index in [4.69, 9.17) is 125 Å². The Kier molecular flexibility index (Phi) is 27.2. The van der Waals surface area contributed by atoms with Gasteiger partial charge in [0.1, 0.15) is 11.6 Å². The lowest BCUT2D eigenvalue weighted by atomic mass is 10.0. The van der Waals surface area contributed by atoms with Crippen molar-refractivity contribution >= 4 is 202 Å². The number of rotatable bonds is 15. The van der Waals surface area contributed by atoms with Crippen molar-refractivity contribution < 1.29 is 0 Å². The van der Waals surface area contributed by atoms with Gasteiger partial charge < -0.3 is 71.9 Å². The highest BCUT2D eigenvalue weighted by atomic mass is 35.5. The number of anilines is 15. The lowest BCUT2D eigenvalue weighted by Gasteiger charge is -2.35. The van der Waals surface area contributed by atoms with Crippen molar-refractivity contribution in [2.24, 2.45) is 0 Å². The zero-order valence-corrected chi connectivity index (χ0v) is 75.8. The Morgan fingerprint density at radius 1 is 0.411 bits per heavy atom. The minimum Gasteiger partial charge on any atom is -0.368 e. The smallest absolute Gasteiger partial charge is 0.227 e. The van der Waals surface area contributed by atoms with Crippen LogP contribution in [0.2, 0.25) is 20.1 Å². The molecule has 4 aromatic carbocycles. The highest BCUT2D eigenvalue weighted by Crippen LogP contribution is 2.41. The predicted molar refractivity (Wildman–Crippen MR) is 522 cm³/mol. The van der Waals surface area contributed by atoms with Crippen LogP contribution in [0, 0.1) is 13.8 Å². The summed E-state index contributed by atoms with van der Waals surface area (Å²) in [6.45, 7) is 13.5. The van der Waals surface area contributed by atoms with E-state index in [1.165, 1.54) is 12.8 Å². The zero-order chi connectivity index (χ0) is 86.2. The molecule has 7 aliphatic rings. The quantitative estimate of drug-likeness (QED) is 0.0443. The van der Waals surface area contributed by atoms with Gasteiger partial charge in [0.2, 0.25) is 23.8 Å². The molecule has 34 heteroatoms. The fourth-order valence-electron chi connectivity index (χ4n) is 15.6. The summed E-state index contributed by atoms with van der Waals surface area (Å²) in [4.78, 5) is 72.5. The van der Waals surface area contributed by atoms with Gasteiger partial charge in [0.15, 0.2) is 0 Å². The van der Waals surface area contributed by atoms with Gasteiger partial charge in [0.25, 0.3) is 0 Å². The molecule has 3 saturated heterocycles. The number of likely N-dealkylation sites (N-methyl/N-ethyl adjacent to an activating group) is 2. The van der Waals surface area contributed by atoms with Crippen molar-refractivity contribution in [2.45, 2.75) is 77.7 Å². The highest BCUT2D eigenvalue weighted by molar-refractivity contribution is 7.81. The number of piperidine rings is 1. The lowest BCUT2D eigenvalue weighted by molar-refractivity contribution is 0.252. The van der Waals surface area contributed by atoms with Crippen molar-refractivity contribution in [3.8, 4) is 45.0 Å². The fraction of sp³-hybridized carbons (Fsp3) is 0.289. The van der Waals surface area contributed by atoms with Crippen LogP contribution in [0.1, 0.15) is 64.9 Å². The van der Waals surface area contributed by atoms with Crippen LogP contribution in [0.25, 0.3) is 45.0 Å². The Bertz CT molecular complexity index is 6040. The van der Waals surface area contributed by atoms with Gasteiger partial charge >= 0.3 is 0 Å². The fourth-order valence-corrected chi connectivity index (χ4v) is 17.4. The Morgan fingerprint density at radius 3 is 1.23 bits per heavy atom. The van der Waals surface area contributed by atoms with E-state index in [-0.39, 0.29) is 0 Å². The second-order valence-corrected chi connectivity index (χ2v) is 35.4. The number of aromatic nitrogens is 12. The average molecular weight is 1810 g/mol. The Morgan fingerprint density at radius 2 is 0.806 bits per heavy atom. The van der Waals surface area contributed by atoms with Crippen LogP contribution in [0.5, 0.6) is 0 Å². The topological polar surface area (TPSA) is 270 Å². The first-order valence-corrected chi connectivity index (χ1v) is 44.1. The molecule has 0 amide bonds. The molecule has 634 valence electrons. The summed E-state index contributed by atoms with van der Waals surface area (Å²) in [6.07, 6.45) is 22.7. The molecule has 0 bridgehead atoms. The number of aryl methyl sites for hydroxylation is 2. The third kappa shape index (κ3) is 21.3. The second kappa shape index (κ2) is 39.0. The van der Waals surface area contributed by atoms with Gasteiger partial charge in [-0.15, -0.1) is 0 Å². The van der Waals surface area contributed by atoms with E-state index in [0.29, 0.717) is 75.6 Å². The van der Waals surface area contributed by atoms with Gasteiger partial charge in [-0.1, -0.05) is 95.3 Å². The number of piperazine rings is 1. The van der Waals surface area contributed by atoms with Crippen LogP contribution in [-0.2, 0) is 32.1 Å². The first-order valence-electron chi connectivity index (χ1n) is 41.0. The molecule has 0 spiro atoms. The summed E-state index contributed by atoms with van der Waals surface area (Å²) < 4.78 is 0. The van der Waals surface area contributed by atoms with Gasteiger partial charge in [0, 0.05) is 203 Å². The van der Waals surface area contributed by atoms with E-state index < -0.39 is 0 Å². The molecular formula is C90H92Cl4N26S4. The predicted octanol–water partition coefficient (Wildman–Crippen LogP) is 18.5. The van der Waals surface area contributed by atoms with Crippen LogP contribution in [0.4, 0.5) is 86.6 Å². The molecule has 0 unspecified atom stereocenters. The maximum atomic E-state index is 6.21. The standard InChI is InChI=1S/C25H28ClN7S.C22H22ClN7S.C22H21ClN6S.C21H21ClN6S/c1-15-20(6-7-22(28-15)33(3)18-8-10-32(2)11-9-18)30-25-27-14-16-12-23(34)29-21-13-17(26)4-5-19(21)24(16)31-25;1-29-4-6-30(7-5-29)17-10-16(12-24-13-17)26-22-25-11-14-8-20(31)27-19-9-15(23)2-3-18(19)21(14)28-22;1-13-17(6-7-19(25-13)29-8-2-3-9-29)27-22-24-12-14-10-20(30)26-18-11-15(23)4-5-16(18)21(14)28-22;1-28(2)6-5-13-7-16(12-23-10-13)25-21-24-11-14-8-19(29)26-18-9-15(22)3-4-17(18)20(14)27-21/h4-7,13-14,18H,8-12H2,1-3H3,(H,29,34)(H,27,30,31);2-3,9-13H,4-8H2,1H3,(H,27,31)(H,25,26,28);4-7,11-12H,2-3,8-10H2,1H3,(H,26,30)(H,24,27,28);3-4,7,9-12H,5-6,8H2,1-2H3,(H,26,29)(H,24,25,27). The number of fused-ring (bicyclic) bond motifs is 12. The average Bonchev–Trinajstić information content (AvgIpc) is 1.66.